The van der Waals surface area contributed by atoms with Gasteiger partial charge in [-0.15, -0.1) is 0 Å². The van der Waals surface area contributed by atoms with E-state index < -0.39 is 12.1 Å². The second kappa shape index (κ2) is 5.52. The highest BCUT2D eigenvalue weighted by atomic mass is 19.4. The lowest BCUT2D eigenvalue weighted by atomic mass is 9.85. The van der Waals surface area contributed by atoms with Crippen molar-refractivity contribution in [2.45, 2.75) is 37.9 Å². The molecule has 3 nitrogen and oxygen atoms in total. The molecular formula is C10H16F3NO2. The van der Waals surface area contributed by atoms with E-state index in [1.807, 2.05) is 0 Å². The van der Waals surface area contributed by atoms with E-state index in [2.05, 4.69) is 10.1 Å². The first-order valence-corrected chi connectivity index (χ1v) is 5.28. The predicted octanol–water partition coefficient (Wildman–Crippen LogP) is 1.87. The summed E-state index contributed by atoms with van der Waals surface area (Å²) in [5, 5.41) is 2.56. The zero-order chi connectivity index (χ0) is 12.2. The molecule has 1 amide bonds. The van der Waals surface area contributed by atoms with Crippen molar-refractivity contribution in [3.8, 4) is 0 Å². The lowest BCUT2D eigenvalue weighted by Gasteiger charge is -2.30. The molecule has 0 aromatic rings. The van der Waals surface area contributed by atoms with E-state index in [0.29, 0.717) is 12.8 Å². The lowest BCUT2D eigenvalue weighted by Crippen LogP contribution is -2.42. The quantitative estimate of drug-likeness (QED) is 0.816. The molecule has 0 spiro atoms. The highest BCUT2D eigenvalue weighted by Crippen LogP contribution is 2.37. The van der Waals surface area contributed by atoms with Crippen LogP contribution in [-0.2, 0) is 9.53 Å². The summed E-state index contributed by atoms with van der Waals surface area (Å²) in [5.41, 5.74) is 0. The van der Waals surface area contributed by atoms with E-state index in [1.54, 1.807) is 0 Å². The molecule has 1 saturated carbocycles. The Kier molecular flexibility index (Phi) is 4.58. The summed E-state index contributed by atoms with van der Waals surface area (Å²) in [5.74, 6) is -1.63. The first-order chi connectivity index (χ1) is 7.43. The fourth-order valence-corrected chi connectivity index (χ4v) is 2.02. The zero-order valence-electron chi connectivity index (χ0n) is 9.14. The van der Waals surface area contributed by atoms with Gasteiger partial charge >= 0.3 is 6.18 Å². The molecule has 0 radical (unpaired) electrons. The molecule has 0 aromatic carbocycles. The SMILES string of the molecule is COCC(=O)N[C@H]1CCC[C@H](C(F)(F)F)C1. The fourth-order valence-electron chi connectivity index (χ4n) is 2.02. The molecule has 0 bridgehead atoms. The van der Waals surface area contributed by atoms with E-state index in [1.165, 1.54) is 7.11 Å². The van der Waals surface area contributed by atoms with E-state index in [9.17, 15) is 18.0 Å². The molecule has 1 aliphatic carbocycles. The Morgan fingerprint density at radius 1 is 1.44 bits per heavy atom. The molecule has 0 heterocycles. The van der Waals surface area contributed by atoms with E-state index >= 15 is 0 Å². The topological polar surface area (TPSA) is 38.3 Å². The van der Waals surface area contributed by atoms with Crippen molar-refractivity contribution in [2.75, 3.05) is 13.7 Å². The molecule has 2 atom stereocenters. The van der Waals surface area contributed by atoms with E-state index in [4.69, 9.17) is 0 Å². The molecule has 6 heteroatoms. The molecule has 1 rings (SSSR count). The first-order valence-electron chi connectivity index (χ1n) is 5.28. The highest BCUT2D eigenvalue weighted by Gasteiger charge is 2.42. The van der Waals surface area contributed by atoms with Gasteiger partial charge in [0.2, 0.25) is 5.91 Å². The third-order valence-corrected chi connectivity index (χ3v) is 2.78. The van der Waals surface area contributed by atoms with Crippen molar-refractivity contribution >= 4 is 5.91 Å². The van der Waals surface area contributed by atoms with Gasteiger partial charge in [0.15, 0.2) is 0 Å². The Bertz CT molecular complexity index is 243. The third kappa shape index (κ3) is 4.00. The monoisotopic (exact) mass is 239 g/mol. The molecule has 0 aromatic heterocycles. The van der Waals surface area contributed by atoms with Crippen LogP contribution in [0.3, 0.4) is 0 Å². The van der Waals surface area contributed by atoms with Gasteiger partial charge < -0.3 is 10.1 Å². The van der Waals surface area contributed by atoms with Crippen molar-refractivity contribution in [2.24, 2.45) is 5.92 Å². The summed E-state index contributed by atoms with van der Waals surface area (Å²) in [6.07, 6.45) is -2.88. The zero-order valence-corrected chi connectivity index (χ0v) is 9.14. The summed E-state index contributed by atoms with van der Waals surface area (Å²) in [4.78, 5) is 11.2. The molecule has 0 aliphatic heterocycles. The molecule has 0 unspecified atom stereocenters. The minimum absolute atomic E-state index is 0.0149. The van der Waals surface area contributed by atoms with Gasteiger partial charge in [-0.05, 0) is 19.3 Å². The normalized spacial score (nSPS) is 26.5. The maximum absolute atomic E-state index is 12.5. The van der Waals surface area contributed by atoms with Gasteiger partial charge in [-0.2, -0.15) is 13.2 Å². The standard InChI is InChI=1S/C10H16F3NO2/c1-16-6-9(15)14-8-4-2-3-7(5-8)10(11,12)13/h7-8H,2-6H2,1H3,(H,14,15)/t7-,8-/m0/s1. The number of nitrogens with one attached hydrogen (secondary N) is 1. The van der Waals surface area contributed by atoms with Gasteiger partial charge in [-0.25, -0.2) is 0 Å². The van der Waals surface area contributed by atoms with Crippen LogP contribution in [-0.4, -0.2) is 31.8 Å². The highest BCUT2D eigenvalue weighted by molar-refractivity contribution is 5.77. The van der Waals surface area contributed by atoms with Crippen LogP contribution < -0.4 is 5.32 Å². The van der Waals surface area contributed by atoms with Crippen LogP contribution >= 0.6 is 0 Å². The van der Waals surface area contributed by atoms with Crippen LogP contribution in [0.5, 0.6) is 0 Å². The lowest BCUT2D eigenvalue weighted by molar-refractivity contribution is -0.184. The maximum Gasteiger partial charge on any atom is 0.391 e. The number of alkyl halides is 3. The average molecular weight is 239 g/mol. The number of methoxy groups -OCH3 is 1. The minimum atomic E-state index is -4.15. The Morgan fingerprint density at radius 3 is 2.69 bits per heavy atom. The Hall–Kier alpha value is -0.780. The summed E-state index contributed by atoms with van der Waals surface area (Å²) in [7, 11) is 1.37. The van der Waals surface area contributed by atoms with Crippen molar-refractivity contribution < 1.29 is 22.7 Å². The minimum Gasteiger partial charge on any atom is -0.375 e. The summed E-state index contributed by atoms with van der Waals surface area (Å²) in [6, 6.07) is -0.372. The van der Waals surface area contributed by atoms with Crippen LogP contribution in [0.25, 0.3) is 0 Å². The number of carbonyl (C=O) groups is 1. The van der Waals surface area contributed by atoms with Crippen molar-refractivity contribution in [3.63, 3.8) is 0 Å². The molecule has 0 saturated heterocycles. The third-order valence-electron chi connectivity index (χ3n) is 2.78. The summed E-state index contributed by atoms with van der Waals surface area (Å²) < 4.78 is 42.0. The maximum atomic E-state index is 12.5. The smallest absolute Gasteiger partial charge is 0.375 e. The molecular weight excluding hydrogens is 223 g/mol. The number of amides is 1. The Morgan fingerprint density at radius 2 is 2.12 bits per heavy atom. The fraction of sp³-hybridized carbons (Fsp3) is 0.900. The predicted molar refractivity (Wildman–Crippen MR) is 51.8 cm³/mol. The second-order valence-corrected chi connectivity index (χ2v) is 4.10. The van der Waals surface area contributed by atoms with Gasteiger partial charge in [-0.3, -0.25) is 4.79 Å². The van der Waals surface area contributed by atoms with Gasteiger partial charge in [0, 0.05) is 13.2 Å². The van der Waals surface area contributed by atoms with Crippen LogP contribution in [0.1, 0.15) is 25.7 Å². The van der Waals surface area contributed by atoms with E-state index in [-0.39, 0.29) is 31.4 Å². The van der Waals surface area contributed by atoms with Gasteiger partial charge in [0.05, 0.1) is 5.92 Å². The van der Waals surface area contributed by atoms with Gasteiger partial charge in [0.1, 0.15) is 6.61 Å². The van der Waals surface area contributed by atoms with Gasteiger partial charge in [0.25, 0.3) is 0 Å². The number of ether oxygens (including phenoxy) is 1. The van der Waals surface area contributed by atoms with Crippen molar-refractivity contribution in [1.82, 2.24) is 5.32 Å². The molecule has 1 fully saturated rings. The molecule has 1 N–H and O–H groups in total. The van der Waals surface area contributed by atoms with Gasteiger partial charge in [-0.1, -0.05) is 6.42 Å². The molecule has 94 valence electrons. The number of rotatable bonds is 3. The van der Waals surface area contributed by atoms with Crippen LogP contribution in [0.15, 0.2) is 0 Å². The van der Waals surface area contributed by atoms with Crippen molar-refractivity contribution in [3.05, 3.63) is 0 Å². The number of hydrogen-bond donors (Lipinski definition) is 1. The number of carbonyl (C=O) groups excluding carboxylic acids is 1. The van der Waals surface area contributed by atoms with E-state index in [0.717, 1.165) is 0 Å². The number of halogens is 3. The van der Waals surface area contributed by atoms with Crippen LogP contribution in [0, 0.1) is 5.92 Å². The Labute approximate surface area is 92.3 Å². The summed E-state index contributed by atoms with van der Waals surface area (Å²) >= 11 is 0. The summed E-state index contributed by atoms with van der Waals surface area (Å²) in [6.45, 7) is -0.104. The number of hydrogen-bond acceptors (Lipinski definition) is 2. The first kappa shape index (κ1) is 13.3. The average Bonchev–Trinajstić information content (AvgIpc) is 2.17. The van der Waals surface area contributed by atoms with Crippen molar-refractivity contribution in [1.29, 1.82) is 0 Å². The van der Waals surface area contributed by atoms with Crippen LogP contribution in [0.2, 0.25) is 0 Å². The second-order valence-electron chi connectivity index (χ2n) is 4.10. The molecule has 16 heavy (non-hydrogen) atoms. The van der Waals surface area contributed by atoms with Crippen LogP contribution in [0.4, 0.5) is 13.2 Å². The largest absolute Gasteiger partial charge is 0.391 e. The molecule has 1 aliphatic rings. The Balaban J connectivity index is 2.42.